The van der Waals surface area contributed by atoms with E-state index in [4.69, 9.17) is 0 Å². The standard InChI is InChI=1S/C30H28.C4H10.4C2H6/c1-3-29(2)21-19-26-25-17-11-6-12-18-27(25)30(28(26)20-22-29,23-13-7-4-8-14-23)24-15-9-5-10-16-24;1-3-4-2;4*1-2/h4-5,7-22H,3,6H2,1-2H3;3-4H2,1-2H3;4*1-2H3. The molecule has 0 fully saturated rings. The molecule has 0 saturated heterocycles. The van der Waals surface area contributed by atoms with Crippen molar-refractivity contribution in [2.75, 3.05) is 0 Å². The third-order valence-corrected chi connectivity index (χ3v) is 7.46. The normalized spacial score (nSPS) is 18.4. The lowest BCUT2D eigenvalue weighted by molar-refractivity contribution is 0.530. The van der Waals surface area contributed by atoms with Crippen molar-refractivity contribution in [1.29, 1.82) is 0 Å². The molecular weight excluding hydrogens is 504 g/mol. The molecule has 0 nitrogen and oxygen atoms in total. The van der Waals surface area contributed by atoms with E-state index in [1.165, 1.54) is 46.3 Å². The second kappa shape index (κ2) is 21.6. The number of hydrogen-bond acceptors (Lipinski definition) is 0. The number of hydrogen-bond donors (Lipinski definition) is 0. The van der Waals surface area contributed by atoms with Crippen molar-refractivity contribution >= 4 is 0 Å². The Morgan fingerprint density at radius 2 is 0.929 bits per heavy atom. The first-order chi connectivity index (χ1) is 20.6. The number of unbranched alkanes of at least 4 members (excludes halogenated alkanes) is 1. The predicted octanol–water partition coefficient (Wildman–Crippen LogP) is 13.5. The van der Waals surface area contributed by atoms with E-state index in [1.54, 1.807) is 0 Å². The molecule has 3 aliphatic rings. The molecule has 0 radical (unpaired) electrons. The van der Waals surface area contributed by atoms with Gasteiger partial charge in [-0.2, -0.15) is 0 Å². The van der Waals surface area contributed by atoms with Gasteiger partial charge in [0.25, 0.3) is 0 Å². The van der Waals surface area contributed by atoms with E-state index < -0.39 is 0 Å². The summed E-state index contributed by atoms with van der Waals surface area (Å²) >= 11 is 0. The first-order valence-corrected chi connectivity index (χ1v) is 16.9. The molecule has 2 aromatic carbocycles. The Morgan fingerprint density at radius 1 is 0.524 bits per heavy atom. The van der Waals surface area contributed by atoms with Crippen LogP contribution in [0.4, 0.5) is 0 Å². The van der Waals surface area contributed by atoms with Crippen LogP contribution >= 0.6 is 0 Å². The van der Waals surface area contributed by atoms with Crippen LogP contribution in [0.3, 0.4) is 0 Å². The zero-order chi connectivity index (χ0) is 32.0. The Morgan fingerprint density at radius 3 is 1.38 bits per heavy atom. The molecule has 0 amide bonds. The molecule has 0 bridgehead atoms. The maximum Gasteiger partial charge on any atom is 0.0713 e. The highest BCUT2D eigenvalue weighted by atomic mass is 14.5. The molecule has 0 heteroatoms. The fourth-order valence-corrected chi connectivity index (χ4v) is 5.08. The van der Waals surface area contributed by atoms with Crippen molar-refractivity contribution in [1.82, 2.24) is 0 Å². The highest BCUT2D eigenvalue weighted by molar-refractivity contribution is 5.77. The number of allylic oxidation sites excluding steroid dienone is 12. The molecule has 0 aromatic heterocycles. The third-order valence-electron chi connectivity index (χ3n) is 7.46. The van der Waals surface area contributed by atoms with Crippen molar-refractivity contribution < 1.29 is 0 Å². The van der Waals surface area contributed by atoms with Crippen LogP contribution in [0.2, 0.25) is 0 Å². The predicted molar refractivity (Wildman–Crippen MR) is 193 cm³/mol. The largest absolute Gasteiger partial charge is 0.0804 e. The average Bonchev–Trinajstić information content (AvgIpc) is 3.26. The maximum absolute atomic E-state index is 2.41. The van der Waals surface area contributed by atoms with Gasteiger partial charge in [0.2, 0.25) is 0 Å². The van der Waals surface area contributed by atoms with Crippen LogP contribution in [0.5, 0.6) is 0 Å². The molecule has 0 heterocycles. The van der Waals surface area contributed by atoms with E-state index in [0.29, 0.717) is 0 Å². The molecule has 0 saturated carbocycles. The fourth-order valence-electron chi connectivity index (χ4n) is 5.08. The van der Waals surface area contributed by atoms with Crippen molar-refractivity contribution in [3.8, 4) is 0 Å². The Balaban J connectivity index is 0.00000124. The lowest BCUT2D eigenvalue weighted by atomic mass is 9.65. The van der Waals surface area contributed by atoms with E-state index in [9.17, 15) is 0 Å². The zero-order valence-corrected chi connectivity index (χ0v) is 29.2. The van der Waals surface area contributed by atoms with Gasteiger partial charge in [-0.25, -0.2) is 0 Å². The van der Waals surface area contributed by atoms with Crippen molar-refractivity contribution in [3.63, 3.8) is 0 Å². The van der Waals surface area contributed by atoms with Gasteiger partial charge in [-0.15, -0.1) is 0 Å². The lowest BCUT2D eigenvalue weighted by Gasteiger charge is -2.36. The minimum atomic E-state index is -0.307. The molecule has 1 unspecified atom stereocenters. The molecule has 230 valence electrons. The van der Waals surface area contributed by atoms with Gasteiger partial charge in [0.05, 0.1) is 5.41 Å². The van der Waals surface area contributed by atoms with Crippen LogP contribution in [-0.2, 0) is 5.41 Å². The van der Waals surface area contributed by atoms with E-state index >= 15 is 0 Å². The summed E-state index contributed by atoms with van der Waals surface area (Å²) < 4.78 is 0. The lowest BCUT2D eigenvalue weighted by Crippen LogP contribution is -2.30. The first kappa shape index (κ1) is 38.9. The van der Waals surface area contributed by atoms with Crippen molar-refractivity contribution in [3.05, 3.63) is 143 Å². The van der Waals surface area contributed by atoms with Crippen LogP contribution in [0.1, 0.15) is 120 Å². The summed E-state index contributed by atoms with van der Waals surface area (Å²) in [5, 5.41) is 0. The number of rotatable bonds is 4. The van der Waals surface area contributed by atoms with Crippen LogP contribution in [0.15, 0.2) is 132 Å². The van der Waals surface area contributed by atoms with E-state index in [2.05, 4.69) is 137 Å². The topological polar surface area (TPSA) is 0 Å². The first-order valence-electron chi connectivity index (χ1n) is 16.9. The van der Waals surface area contributed by atoms with Gasteiger partial charge in [0.15, 0.2) is 0 Å². The van der Waals surface area contributed by atoms with Crippen molar-refractivity contribution in [2.24, 2.45) is 5.41 Å². The summed E-state index contributed by atoms with van der Waals surface area (Å²) in [5.74, 6) is 0. The maximum atomic E-state index is 2.41. The smallest absolute Gasteiger partial charge is 0.0713 e. The summed E-state index contributed by atoms with van der Waals surface area (Å²) in [4.78, 5) is 0. The Hall–Kier alpha value is -3.12. The summed E-state index contributed by atoms with van der Waals surface area (Å²) in [6, 6.07) is 22.1. The van der Waals surface area contributed by atoms with E-state index in [-0.39, 0.29) is 10.8 Å². The van der Waals surface area contributed by atoms with Gasteiger partial charge < -0.3 is 0 Å². The van der Waals surface area contributed by atoms with Gasteiger partial charge in [-0.3, -0.25) is 0 Å². The molecule has 3 aliphatic carbocycles. The molecule has 42 heavy (non-hydrogen) atoms. The minimum absolute atomic E-state index is 0.0778. The van der Waals surface area contributed by atoms with Crippen LogP contribution < -0.4 is 0 Å². The summed E-state index contributed by atoms with van der Waals surface area (Å²) in [5.41, 5.74) is 7.90. The van der Waals surface area contributed by atoms with Crippen molar-refractivity contribution in [2.45, 2.75) is 114 Å². The Kier molecular flexibility index (Phi) is 20.0. The molecule has 5 rings (SSSR count). The third kappa shape index (κ3) is 8.94. The van der Waals surface area contributed by atoms with Gasteiger partial charge in [-0.1, -0.05) is 205 Å². The Bertz CT molecular complexity index is 1120. The zero-order valence-electron chi connectivity index (χ0n) is 29.2. The number of fused-ring (bicyclic) bond motifs is 1. The summed E-state index contributed by atoms with van der Waals surface area (Å²) in [7, 11) is 0. The Labute approximate surface area is 261 Å². The highest BCUT2D eigenvalue weighted by Gasteiger charge is 2.47. The highest BCUT2D eigenvalue weighted by Crippen LogP contribution is 2.56. The van der Waals surface area contributed by atoms with Crippen LogP contribution in [0.25, 0.3) is 0 Å². The van der Waals surface area contributed by atoms with Gasteiger partial charge in [0.1, 0.15) is 0 Å². The average molecular weight is 567 g/mol. The van der Waals surface area contributed by atoms with Gasteiger partial charge in [-0.05, 0) is 46.3 Å². The molecule has 2 aromatic rings. The van der Waals surface area contributed by atoms with Gasteiger partial charge in [0, 0.05) is 5.41 Å². The number of benzene rings is 2. The SMILES string of the molecule is CC.CC.CC.CC.CCC1(C)C=CC2=C(C=C1)C(c1ccccc1)(c1ccccc1)C1=C2C=CCC=C1.CCCC. The molecule has 0 spiro atoms. The monoisotopic (exact) mass is 566 g/mol. The summed E-state index contributed by atoms with van der Waals surface area (Å²) in [6.07, 6.45) is 23.6. The molecule has 0 N–H and O–H groups in total. The van der Waals surface area contributed by atoms with Crippen LogP contribution in [-0.4, -0.2) is 0 Å². The quantitative estimate of drug-likeness (QED) is 0.345. The van der Waals surface area contributed by atoms with Crippen LogP contribution in [0, 0.1) is 5.41 Å². The molecule has 0 aliphatic heterocycles. The van der Waals surface area contributed by atoms with Gasteiger partial charge >= 0.3 is 0 Å². The molecule has 1 atom stereocenters. The van der Waals surface area contributed by atoms with E-state index in [0.717, 1.165) is 12.8 Å². The summed E-state index contributed by atoms with van der Waals surface area (Å²) in [6.45, 7) is 25.0. The molecular formula is C42H62. The fraction of sp³-hybridized carbons (Fsp3) is 0.429. The van der Waals surface area contributed by atoms with E-state index in [1.807, 2.05) is 55.4 Å². The second-order valence-electron chi connectivity index (χ2n) is 9.70. The second-order valence-corrected chi connectivity index (χ2v) is 9.70. The minimum Gasteiger partial charge on any atom is -0.0804 e.